The van der Waals surface area contributed by atoms with Crippen LogP contribution in [-0.2, 0) is 19.4 Å². The molecule has 0 fully saturated rings. The highest BCUT2D eigenvalue weighted by Crippen LogP contribution is 2.47. The van der Waals surface area contributed by atoms with E-state index < -0.39 is 0 Å². The van der Waals surface area contributed by atoms with Crippen molar-refractivity contribution in [3.8, 4) is 16.9 Å². The number of hydrogen-bond acceptors (Lipinski definition) is 5. The first-order valence-electron chi connectivity index (χ1n) is 9.90. The van der Waals surface area contributed by atoms with Gasteiger partial charge in [-0.05, 0) is 29.8 Å². The lowest BCUT2D eigenvalue weighted by Gasteiger charge is -2.15. The lowest BCUT2D eigenvalue weighted by Crippen LogP contribution is -2.24. The van der Waals surface area contributed by atoms with Crippen LogP contribution in [0.4, 0.5) is 4.39 Å². The van der Waals surface area contributed by atoms with Crippen molar-refractivity contribution in [3.63, 3.8) is 0 Å². The van der Waals surface area contributed by atoms with Crippen LogP contribution in [0.25, 0.3) is 22.0 Å². The van der Waals surface area contributed by atoms with Gasteiger partial charge >= 0.3 is 0 Å². The minimum absolute atomic E-state index is 0.266. The fourth-order valence-electron chi connectivity index (χ4n) is 4.46. The Balaban J connectivity index is 1.47. The lowest BCUT2D eigenvalue weighted by molar-refractivity contribution is 0.189. The van der Waals surface area contributed by atoms with Gasteiger partial charge < -0.3 is 14.6 Å². The van der Waals surface area contributed by atoms with Crippen molar-refractivity contribution in [2.24, 2.45) is 0 Å². The van der Waals surface area contributed by atoms with E-state index in [1.807, 2.05) is 24.3 Å². The van der Waals surface area contributed by atoms with E-state index in [1.54, 1.807) is 12.3 Å². The molecule has 150 valence electrons. The Morgan fingerprint density at radius 3 is 3.03 bits per heavy atom. The standard InChI is InChI=1S/C23H17ClFN3O2/c24-13-8-12-9-20(23-17-11-26-6-5-19(17)28-30-23)29-22(12)16(10-13)14-4-7-27-21-15(14)2-1-3-18(21)25/h1-4,7-8,10,20,26H,5-6,9,11H2. The molecule has 0 saturated heterocycles. The summed E-state index contributed by atoms with van der Waals surface area (Å²) in [4.78, 5) is 4.21. The number of rotatable bonds is 2. The van der Waals surface area contributed by atoms with E-state index in [2.05, 4.69) is 15.5 Å². The summed E-state index contributed by atoms with van der Waals surface area (Å²) in [5.41, 5.74) is 5.07. The number of pyridine rings is 1. The quantitative estimate of drug-likeness (QED) is 0.493. The first kappa shape index (κ1) is 17.9. The number of para-hydroxylation sites is 1. The number of halogens is 2. The third-order valence-corrected chi connectivity index (χ3v) is 6.06. The van der Waals surface area contributed by atoms with Crippen LogP contribution in [0, 0.1) is 5.82 Å². The minimum Gasteiger partial charge on any atom is -0.481 e. The second-order valence-electron chi connectivity index (χ2n) is 7.65. The number of benzene rings is 2. The molecule has 2 aromatic heterocycles. The number of hydrogen-bond donors (Lipinski definition) is 1. The first-order valence-corrected chi connectivity index (χ1v) is 10.3. The monoisotopic (exact) mass is 421 g/mol. The number of nitrogens with one attached hydrogen (secondary N) is 1. The maximum Gasteiger partial charge on any atom is 0.182 e. The second-order valence-corrected chi connectivity index (χ2v) is 8.08. The summed E-state index contributed by atoms with van der Waals surface area (Å²) in [5.74, 6) is 1.16. The Morgan fingerprint density at radius 2 is 2.10 bits per heavy atom. The molecule has 1 atom stereocenters. The fraction of sp³-hybridized carbons (Fsp3) is 0.217. The molecule has 0 radical (unpaired) electrons. The molecule has 7 heteroatoms. The Morgan fingerprint density at radius 1 is 1.17 bits per heavy atom. The van der Waals surface area contributed by atoms with Crippen LogP contribution < -0.4 is 10.1 Å². The Bertz CT molecular complexity index is 1300. The van der Waals surface area contributed by atoms with Gasteiger partial charge in [-0.2, -0.15) is 0 Å². The topological polar surface area (TPSA) is 60.2 Å². The molecule has 0 spiro atoms. The van der Waals surface area contributed by atoms with E-state index in [0.29, 0.717) is 17.0 Å². The third kappa shape index (κ3) is 2.71. The zero-order valence-corrected chi connectivity index (χ0v) is 16.7. The number of ether oxygens (including phenoxy) is 1. The maximum atomic E-state index is 14.3. The van der Waals surface area contributed by atoms with E-state index in [1.165, 1.54) is 6.07 Å². The van der Waals surface area contributed by atoms with Crippen molar-refractivity contribution in [3.05, 3.63) is 76.0 Å². The van der Waals surface area contributed by atoms with E-state index >= 15 is 0 Å². The zero-order chi connectivity index (χ0) is 20.2. The van der Waals surface area contributed by atoms with Crippen molar-refractivity contribution < 1.29 is 13.7 Å². The van der Waals surface area contributed by atoms with Gasteiger partial charge in [0.1, 0.15) is 17.1 Å². The first-order chi connectivity index (χ1) is 14.7. The van der Waals surface area contributed by atoms with Crippen LogP contribution in [0.15, 0.2) is 47.1 Å². The molecular formula is C23H17ClFN3O2. The van der Waals surface area contributed by atoms with Crippen molar-refractivity contribution >= 4 is 22.5 Å². The summed E-state index contributed by atoms with van der Waals surface area (Å²) >= 11 is 6.46. The van der Waals surface area contributed by atoms with Crippen molar-refractivity contribution in [1.29, 1.82) is 0 Å². The van der Waals surface area contributed by atoms with E-state index in [-0.39, 0.29) is 11.9 Å². The zero-order valence-electron chi connectivity index (χ0n) is 15.9. The smallest absolute Gasteiger partial charge is 0.182 e. The average molecular weight is 422 g/mol. The second kappa shape index (κ2) is 6.79. The molecule has 5 nitrogen and oxygen atoms in total. The summed E-state index contributed by atoms with van der Waals surface area (Å²) in [6.07, 6.45) is 2.84. The molecular weight excluding hydrogens is 405 g/mol. The van der Waals surface area contributed by atoms with Gasteiger partial charge in [0.2, 0.25) is 0 Å². The average Bonchev–Trinajstić information content (AvgIpc) is 3.37. The fourth-order valence-corrected chi connectivity index (χ4v) is 4.70. The summed E-state index contributed by atoms with van der Waals surface area (Å²) in [6, 6.07) is 10.6. The summed E-state index contributed by atoms with van der Waals surface area (Å²) in [5, 5.41) is 8.93. The summed E-state index contributed by atoms with van der Waals surface area (Å²) in [6.45, 7) is 1.63. The van der Waals surface area contributed by atoms with Crippen LogP contribution >= 0.6 is 11.6 Å². The summed E-state index contributed by atoms with van der Waals surface area (Å²) < 4.78 is 26.4. The van der Waals surface area contributed by atoms with E-state index in [9.17, 15) is 4.39 Å². The van der Waals surface area contributed by atoms with Gasteiger partial charge in [-0.15, -0.1) is 0 Å². The van der Waals surface area contributed by atoms with Gasteiger partial charge in [-0.1, -0.05) is 28.9 Å². The maximum absolute atomic E-state index is 14.3. The van der Waals surface area contributed by atoms with Crippen LogP contribution in [0.1, 0.15) is 28.7 Å². The summed E-state index contributed by atoms with van der Waals surface area (Å²) in [7, 11) is 0. The highest BCUT2D eigenvalue weighted by Gasteiger charge is 2.34. The van der Waals surface area contributed by atoms with E-state index in [4.69, 9.17) is 20.9 Å². The van der Waals surface area contributed by atoms with Crippen LogP contribution in [-0.4, -0.2) is 16.7 Å². The van der Waals surface area contributed by atoms with Crippen molar-refractivity contribution in [2.75, 3.05) is 6.54 Å². The Labute approximate surface area is 176 Å². The van der Waals surface area contributed by atoms with Gasteiger partial charge in [-0.3, -0.25) is 4.98 Å². The molecule has 4 aromatic rings. The lowest BCUT2D eigenvalue weighted by atomic mass is 9.97. The molecule has 30 heavy (non-hydrogen) atoms. The normalized spacial score (nSPS) is 17.6. The molecule has 4 heterocycles. The number of fused-ring (bicyclic) bond motifs is 3. The molecule has 6 rings (SSSR count). The molecule has 1 N–H and O–H groups in total. The SMILES string of the molecule is Fc1cccc2c(-c3cc(Cl)cc4c3OC(c3onc5c3CNCC5)C4)ccnc12. The van der Waals surface area contributed by atoms with Gasteiger partial charge in [0, 0.05) is 59.2 Å². The molecule has 1 unspecified atom stereocenters. The molecule has 0 bridgehead atoms. The Hall–Kier alpha value is -2.96. The molecule has 0 saturated carbocycles. The van der Waals surface area contributed by atoms with Gasteiger partial charge in [-0.25, -0.2) is 4.39 Å². The van der Waals surface area contributed by atoms with Gasteiger partial charge in [0.05, 0.1) is 5.69 Å². The highest BCUT2D eigenvalue weighted by atomic mass is 35.5. The van der Waals surface area contributed by atoms with Crippen LogP contribution in [0.3, 0.4) is 0 Å². The molecule has 2 aliphatic rings. The van der Waals surface area contributed by atoms with Crippen LogP contribution in [0.5, 0.6) is 5.75 Å². The number of nitrogens with zero attached hydrogens (tertiary/aromatic N) is 2. The van der Waals surface area contributed by atoms with E-state index in [0.717, 1.165) is 64.4 Å². The van der Waals surface area contributed by atoms with Gasteiger partial charge in [0.25, 0.3) is 0 Å². The molecule has 2 aliphatic heterocycles. The predicted molar refractivity (Wildman–Crippen MR) is 111 cm³/mol. The highest BCUT2D eigenvalue weighted by molar-refractivity contribution is 6.31. The van der Waals surface area contributed by atoms with Crippen molar-refractivity contribution in [1.82, 2.24) is 15.5 Å². The largest absolute Gasteiger partial charge is 0.481 e. The van der Waals surface area contributed by atoms with Crippen molar-refractivity contribution in [2.45, 2.75) is 25.5 Å². The molecule has 2 aromatic carbocycles. The predicted octanol–water partition coefficient (Wildman–Crippen LogP) is 5.00. The van der Waals surface area contributed by atoms with Gasteiger partial charge in [0.15, 0.2) is 11.9 Å². The van der Waals surface area contributed by atoms with Crippen LogP contribution in [0.2, 0.25) is 5.02 Å². The Kier molecular flexibility index (Phi) is 4.04. The molecule has 0 aliphatic carbocycles. The number of aromatic nitrogens is 2. The third-order valence-electron chi connectivity index (χ3n) is 5.84. The molecule has 0 amide bonds. The minimum atomic E-state index is -0.354.